The lowest BCUT2D eigenvalue weighted by Crippen LogP contribution is -2.46. The highest BCUT2D eigenvalue weighted by atomic mass is 35.5. The van der Waals surface area contributed by atoms with E-state index in [1.165, 1.54) is 30.6 Å². The number of fused-ring (bicyclic) bond motifs is 1. The zero-order valence-corrected chi connectivity index (χ0v) is 21.9. The molecule has 0 saturated carbocycles. The Morgan fingerprint density at radius 3 is 2.51 bits per heavy atom. The third kappa shape index (κ3) is 7.19. The van der Waals surface area contributed by atoms with E-state index in [-0.39, 0.29) is 29.6 Å². The number of alkyl halides is 6. The van der Waals surface area contributed by atoms with Gasteiger partial charge < -0.3 is 25.0 Å². The molecule has 2 heterocycles. The molecule has 0 aliphatic rings. The fraction of sp³-hybridized carbons (Fsp3) is 0.269. The Bertz CT molecular complexity index is 1550. The summed E-state index contributed by atoms with van der Waals surface area (Å²) in [6.07, 6.45) is -7.67. The Morgan fingerprint density at radius 2 is 1.83 bits per heavy atom. The molecule has 3 N–H and O–H groups in total. The summed E-state index contributed by atoms with van der Waals surface area (Å²) < 4.78 is 84.7. The topological polar surface area (TPSA) is 101 Å². The van der Waals surface area contributed by atoms with Gasteiger partial charge in [0.25, 0.3) is 0 Å². The summed E-state index contributed by atoms with van der Waals surface area (Å²) in [6, 6.07) is 10.6. The molecule has 0 fully saturated rings. The van der Waals surface area contributed by atoms with Gasteiger partial charge in [-0.2, -0.15) is 26.3 Å². The van der Waals surface area contributed by atoms with Crippen LogP contribution in [0.1, 0.15) is 18.9 Å². The molecule has 8 nitrogen and oxygen atoms in total. The second-order valence-corrected chi connectivity index (χ2v) is 9.57. The predicted molar refractivity (Wildman–Crippen MR) is 138 cm³/mol. The van der Waals surface area contributed by atoms with Gasteiger partial charge in [0.05, 0.1) is 22.5 Å². The molecular weight excluding hydrogens is 580 g/mol. The lowest BCUT2D eigenvalue weighted by Gasteiger charge is -2.25. The molecule has 2 aromatic carbocycles. The van der Waals surface area contributed by atoms with E-state index < -0.39 is 35.8 Å². The van der Waals surface area contributed by atoms with E-state index in [1.807, 2.05) is 0 Å². The van der Waals surface area contributed by atoms with Crippen molar-refractivity contribution in [3.63, 3.8) is 0 Å². The fourth-order valence-electron chi connectivity index (χ4n) is 3.76. The third-order valence-electron chi connectivity index (χ3n) is 5.92. The zero-order chi connectivity index (χ0) is 30.0. The normalized spacial score (nSPS) is 13.6. The Balaban J connectivity index is 1.45. The van der Waals surface area contributed by atoms with Gasteiger partial charge in [-0.05, 0) is 49.4 Å². The van der Waals surface area contributed by atoms with E-state index in [0.29, 0.717) is 29.5 Å². The van der Waals surface area contributed by atoms with Crippen LogP contribution in [-0.2, 0) is 17.5 Å². The average Bonchev–Trinajstić information content (AvgIpc) is 3.28. The molecule has 0 bridgehead atoms. The van der Waals surface area contributed by atoms with Gasteiger partial charge in [-0.15, -0.1) is 0 Å². The minimum Gasteiger partial charge on any atom is -0.456 e. The lowest BCUT2D eigenvalue weighted by atomic mass is 10.0. The fourth-order valence-corrected chi connectivity index (χ4v) is 3.98. The Hall–Kier alpha value is -4.04. The first-order valence-corrected chi connectivity index (χ1v) is 12.3. The van der Waals surface area contributed by atoms with Crippen LogP contribution in [0.15, 0.2) is 61.1 Å². The summed E-state index contributed by atoms with van der Waals surface area (Å²) in [5.41, 5.74) is -2.51. The molecule has 15 heteroatoms. The number of hydrogen-bond donors (Lipinski definition) is 3. The highest BCUT2D eigenvalue weighted by Gasteiger charge is 2.50. The van der Waals surface area contributed by atoms with Crippen molar-refractivity contribution in [3.8, 4) is 11.5 Å². The number of halogens is 7. The van der Waals surface area contributed by atoms with Gasteiger partial charge in [-0.3, -0.25) is 4.79 Å². The maximum atomic E-state index is 13.0. The van der Waals surface area contributed by atoms with Crippen LogP contribution in [0.4, 0.5) is 37.8 Å². The first-order chi connectivity index (χ1) is 19.1. The number of rotatable bonds is 9. The molecule has 4 aromatic rings. The van der Waals surface area contributed by atoms with Crippen LogP contribution in [0.2, 0.25) is 5.02 Å². The van der Waals surface area contributed by atoms with E-state index in [2.05, 4.69) is 20.6 Å². The summed E-state index contributed by atoms with van der Waals surface area (Å²) >= 11 is 6.32. The number of nitrogens with one attached hydrogen (secondary N) is 2. The highest BCUT2D eigenvalue weighted by molar-refractivity contribution is 6.32. The van der Waals surface area contributed by atoms with Crippen LogP contribution >= 0.6 is 11.6 Å². The average molecular weight is 602 g/mol. The van der Waals surface area contributed by atoms with Gasteiger partial charge in [0.2, 0.25) is 5.91 Å². The molecule has 4 rings (SSSR count). The SMILES string of the molecule is CC(O)(CC(=O)NCCn1ccc2ncnc(Nc3ccc(Oc4cccc(C(F)(F)F)c4)c(Cl)c3)c21)C(F)(F)F. The first kappa shape index (κ1) is 29.9. The molecule has 2 aromatic heterocycles. The number of aromatic nitrogens is 3. The van der Waals surface area contributed by atoms with E-state index in [4.69, 9.17) is 16.3 Å². The second-order valence-electron chi connectivity index (χ2n) is 9.16. The number of carbonyl (C=O) groups excluding carboxylic acids is 1. The first-order valence-electron chi connectivity index (χ1n) is 11.9. The van der Waals surface area contributed by atoms with E-state index in [1.54, 1.807) is 22.9 Å². The van der Waals surface area contributed by atoms with E-state index in [0.717, 1.165) is 12.1 Å². The lowest BCUT2D eigenvalue weighted by molar-refractivity contribution is -0.253. The maximum absolute atomic E-state index is 13.0. The summed E-state index contributed by atoms with van der Waals surface area (Å²) in [5.74, 6) is -0.561. The summed E-state index contributed by atoms with van der Waals surface area (Å²) in [7, 11) is 0. The van der Waals surface area contributed by atoms with Crippen LogP contribution in [0.5, 0.6) is 11.5 Å². The summed E-state index contributed by atoms with van der Waals surface area (Å²) in [4.78, 5) is 20.4. The maximum Gasteiger partial charge on any atom is 0.417 e. The zero-order valence-electron chi connectivity index (χ0n) is 21.1. The van der Waals surface area contributed by atoms with Crippen molar-refractivity contribution < 1.29 is 41.0 Å². The number of benzene rings is 2. The number of hydrogen-bond acceptors (Lipinski definition) is 6. The molecule has 218 valence electrons. The molecule has 1 atom stereocenters. The van der Waals surface area contributed by atoms with Crippen molar-refractivity contribution >= 4 is 40.0 Å². The van der Waals surface area contributed by atoms with Crippen LogP contribution in [0.3, 0.4) is 0 Å². The molecule has 0 radical (unpaired) electrons. The Morgan fingerprint density at radius 1 is 1.07 bits per heavy atom. The van der Waals surface area contributed by atoms with Crippen LogP contribution in [-0.4, -0.2) is 43.9 Å². The minimum atomic E-state index is -4.95. The third-order valence-corrected chi connectivity index (χ3v) is 6.22. The van der Waals surface area contributed by atoms with Crippen molar-refractivity contribution in [2.24, 2.45) is 0 Å². The van der Waals surface area contributed by atoms with E-state index >= 15 is 0 Å². The molecule has 1 unspecified atom stereocenters. The van der Waals surface area contributed by atoms with Gasteiger partial charge >= 0.3 is 12.4 Å². The highest BCUT2D eigenvalue weighted by Crippen LogP contribution is 2.36. The number of aliphatic hydroxyl groups is 1. The van der Waals surface area contributed by atoms with Crippen molar-refractivity contribution in [1.29, 1.82) is 0 Å². The quantitative estimate of drug-likeness (QED) is 0.190. The number of nitrogens with zero attached hydrogens (tertiary/aromatic N) is 3. The second kappa shape index (κ2) is 11.4. The number of anilines is 2. The standard InChI is InChI=1S/C26H22ClF6N5O3/c1-24(40,26(31,32)33)13-21(39)34-8-10-38-9-7-19-22(38)23(36-14-35-19)37-16-5-6-20(18(27)12-16)41-17-4-2-3-15(11-17)25(28,29)30/h2-7,9,11-12,14,40H,8,10,13H2,1H3,(H,34,39)(H,35,36,37). The van der Waals surface area contributed by atoms with Gasteiger partial charge in [0.15, 0.2) is 11.4 Å². The predicted octanol–water partition coefficient (Wildman–Crippen LogP) is 6.46. The van der Waals surface area contributed by atoms with Gasteiger partial charge in [0.1, 0.15) is 23.3 Å². The minimum absolute atomic E-state index is 0.0434. The van der Waals surface area contributed by atoms with Crippen molar-refractivity contribution in [3.05, 3.63) is 71.6 Å². The molecular formula is C26H22ClF6N5O3. The number of amides is 1. The van der Waals surface area contributed by atoms with Gasteiger partial charge in [0, 0.05) is 25.0 Å². The summed E-state index contributed by atoms with van der Waals surface area (Å²) in [6.45, 7) is 0.631. The largest absolute Gasteiger partial charge is 0.456 e. The van der Waals surface area contributed by atoms with Crippen molar-refractivity contribution in [2.45, 2.75) is 37.8 Å². The van der Waals surface area contributed by atoms with Crippen molar-refractivity contribution in [1.82, 2.24) is 19.9 Å². The molecule has 0 aliphatic carbocycles. The Labute approximate surface area is 233 Å². The number of ether oxygens (including phenoxy) is 1. The summed E-state index contributed by atoms with van der Waals surface area (Å²) in [5, 5.41) is 15.0. The van der Waals surface area contributed by atoms with Crippen molar-refractivity contribution in [2.75, 3.05) is 11.9 Å². The Kier molecular flexibility index (Phi) is 8.36. The van der Waals surface area contributed by atoms with Crippen LogP contribution < -0.4 is 15.4 Å². The van der Waals surface area contributed by atoms with E-state index in [9.17, 15) is 36.2 Å². The van der Waals surface area contributed by atoms with Crippen LogP contribution in [0.25, 0.3) is 11.0 Å². The van der Waals surface area contributed by atoms with Gasteiger partial charge in [-0.1, -0.05) is 17.7 Å². The molecule has 41 heavy (non-hydrogen) atoms. The molecule has 0 aliphatic heterocycles. The molecule has 1 amide bonds. The van der Waals surface area contributed by atoms with Gasteiger partial charge in [-0.25, -0.2) is 9.97 Å². The number of carbonyl (C=O) groups is 1. The smallest absolute Gasteiger partial charge is 0.417 e. The molecule has 0 spiro atoms. The monoisotopic (exact) mass is 601 g/mol. The molecule has 0 saturated heterocycles. The van der Waals surface area contributed by atoms with Crippen LogP contribution in [0, 0.1) is 0 Å².